The summed E-state index contributed by atoms with van der Waals surface area (Å²) in [6, 6.07) is 9.55. The topological polar surface area (TPSA) is 0 Å². The fraction of sp³-hybridized carbons (Fsp3) is 0.652. The van der Waals surface area contributed by atoms with Crippen molar-refractivity contribution >= 4 is 15.9 Å². The van der Waals surface area contributed by atoms with E-state index in [0.717, 1.165) is 23.7 Å². The number of aryl methyl sites for hydroxylation is 1. The highest BCUT2D eigenvalue weighted by Gasteiger charge is 2.30. The normalized spacial score (nSPS) is 31.4. The predicted molar refractivity (Wildman–Crippen MR) is 109 cm³/mol. The van der Waals surface area contributed by atoms with E-state index in [4.69, 9.17) is 0 Å². The highest BCUT2D eigenvalue weighted by molar-refractivity contribution is 9.11. The molecule has 0 atom stereocenters. The van der Waals surface area contributed by atoms with Crippen LogP contribution in [0.4, 0.5) is 0 Å². The van der Waals surface area contributed by atoms with Crippen molar-refractivity contribution in [2.75, 3.05) is 0 Å². The van der Waals surface area contributed by atoms with Gasteiger partial charge in [0.05, 0.1) is 0 Å². The zero-order valence-corrected chi connectivity index (χ0v) is 16.8. The highest BCUT2D eigenvalue weighted by Crippen LogP contribution is 2.44. The first-order valence-corrected chi connectivity index (χ1v) is 11.1. The first kappa shape index (κ1) is 18.2. The summed E-state index contributed by atoms with van der Waals surface area (Å²) < 4.78 is 0. The second-order valence-corrected chi connectivity index (χ2v) is 8.63. The molecule has 2 fully saturated rings. The standard InChI is InChI=1S/C23H33Br/c1-2-3-18-4-8-20(9-5-18)22-12-14-23(15-13-22)21-10-6-19(7-11-21)16-17-24/h4-5,8-9,16-17,19,21-23H,2-3,6-7,10-15H2,1H3/b17-16+/t19-,21-,22?,23?. The largest absolute Gasteiger partial charge is 0.0745 e. The molecule has 0 unspecified atom stereocenters. The van der Waals surface area contributed by atoms with Crippen LogP contribution < -0.4 is 0 Å². The first-order chi connectivity index (χ1) is 11.8. The zero-order chi connectivity index (χ0) is 16.8. The van der Waals surface area contributed by atoms with E-state index in [-0.39, 0.29) is 0 Å². The number of halogens is 1. The molecule has 0 heterocycles. The van der Waals surface area contributed by atoms with Crippen LogP contribution in [0.25, 0.3) is 0 Å². The van der Waals surface area contributed by atoms with Gasteiger partial charge in [-0.25, -0.2) is 0 Å². The number of benzene rings is 1. The second kappa shape index (κ2) is 9.22. The summed E-state index contributed by atoms with van der Waals surface area (Å²) in [4.78, 5) is 2.06. The molecule has 0 nitrogen and oxygen atoms in total. The lowest BCUT2D eigenvalue weighted by atomic mass is 9.68. The lowest BCUT2D eigenvalue weighted by molar-refractivity contribution is 0.171. The van der Waals surface area contributed by atoms with Gasteiger partial charge in [0.25, 0.3) is 0 Å². The molecule has 0 aromatic heterocycles. The summed E-state index contributed by atoms with van der Waals surface area (Å²) in [5, 5.41) is 0. The summed E-state index contributed by atoms with van der Waals surface area (Å²) in [7, 11) is 0. The maximum Gasteiger partial charge on any atom is -0.0162 e. The maximum absolute atomic E-state index is 3.44. The molecule has 0 N–H and O–H groups in total. The molecule has 0 aliphatic heterocycles. The van der Waals surface area contributed by atoms with E-state index >= 15 is 0 Å². The van der Waals surface area contributed by atoms with E-state index in [2.05, 4.69) is 58.2 Å². The van der Waals surface area contributed by atoms with Crippen LogP contribution in [0.1, 0.15) is 81.8 Å². The van der Waals surface area contributed by atoms with Crippen LogP contribution in [-0.2, 0) is 6.42 Å². The Morgan fingerprint density at radius 3 is 2.00 bits per heavy atom. The molecule has 0 amide bonds. The molecule has 2 aliphatic rings. The Bertz CT molecular complexity index is 499. The Hall–Kier alpha value is -0.560. The number of hydrogen-bond acceptors (Lipinski definition) is 0. The van der Waals surface area contributed by atoms with Gasteiger partial charge in [-0.3, -0.25) is 0 Å². The monoisotopic (exact) mass is 388 g/mol. The minimum atomic E-state index is 0.824. The van der Waals surface area contributed by atoms with E-state index in [0.29, 0.717) is 0 Å². The van der Waals surface area contributed by atoms with E-state index in [1.165, 1.54) is 69.8 Å². The summed E-state index contributed by atoms with van der Waals surface area (Å²) in [6.07, 6.45) is 16.3. The van der Waals surface area contributed by atoms with Crippen LogP contribution >= 0.6 is 15.9 Å². The molecule has 24 heavy (non-hydrogen) atoms. The third-order valence-corrected chi connectivity index (χ3v) is 6.89. The first-order valence-electron chi connectivity index (χ1n) is 10.2. The molecule has 0 saturated heterocycles. The van der Waals surface area contributed by atoms with Gasteiger partial charge in [0.2, 0.25) is 0 Å². The number of rotatable bonds is 5. The minimum Gasteiger partial charge on any atom is -0.0745 e. The molecule has 132 valence electrons. The van der Waals surface area contributed by atoms with Gasteiger partial charge in [-0.15, -0.1) is 0 Å². The fourth-order valence-electron chi connectivity index (χ4n) is 5.08. The lowest BCUT2D eigenvalue weighted by Crippen LogP contribution is -2.25. The van der Waals surface area contributed by atoms with E-state index in [1.54, 1.807) is 5.56 Å². The van der Waals surface area contributed by atoms with Crippen LogP contribution in [0.15, 0.2) is 35.3 Å². The molecule has 0 spiro atoms. The molecule has 1 heteroatoms. The van der Waals surface area contributed by atoms with Crippen molar-refractivity contribution in [2.45, 2.75) is 77.0 Å². The van der Waals surface area contributed by atoms with Crippen LogP contribution in [-0.4, -0.2) is 0 Å². The molecule has 3 rings (SSSR count). The molecular weight excluding hydrogens is 356 g/mol. The van der Waals surface area contributed by atoms with Crippen LogP contribution in [0.5, 0.6) is 0 Å². The van der Waals surface area contributed by atoms with Crippen molar-refractivity contribution in [3.8, 4) is 0 Å². The fourth-order valence-corrected chi connectivity index (χ4v) is 5.51. The van der Waals surface area contributed by atoms with Crippen LogP contribution in [0.3, 0.4) is 0 Å². The van der Waals surface area contributed by atoms with Crippen molar-refractivity contribution in [2.24, 2.45) is 17.8 Å². The molecular formula is C23H33Br. The maximum atomic E-state index is 3.44. The molecule has 2 aliphatic carbocycles. The van der Waals surface area contributed by atoms with Crippen molar-refractivity contribution in [1.82, 2.24) is 0 Å². The summed E-state index contributed by atoms with van der Waals surface area (Å²) in [5.41, 5.74) is 3.10. The zero-order valence-electron chi connectivity index (χ0n) is 15.2. The molecule has 2 saturated carbocycles. The van der Waals surface area contributed by atoms with Crippen molar-refractivity contribution in [3.05, 3.63) is 46.5 Å². The van der Waals surface area contributed by atoms with Gasteiger partial charge in [-0.1, -0.05) is 59.6 Å². The molecule has 1 aromatic carbocycles. The third kappa shape index (κ3) is 4.75. The third-order valence-electron chi connectivity index (χ3n) is 6.59. The van der Waals surface area contributed by atoms with Gasteiger partial charge in [0, 0.05) is 0 Å². The van der Waals surface area contributed by atoms with E-state index < -0.39 is 0 Å². The van der Waals surface area contributed by atoms with E-state index in [1.807, 2.05) is 0 Å². The second-order valence-electron chi connectivity index (χ2n) is 8.10. The smallest absolute Gasteiger partial charge is 0.0162 e. The SMILES string of the molecule is CCCc1ccc(C2CCC([C@H]3CC[C@H](/C=C/Br)CC3)CC2)cc1. The Balaban J connectivity index is 1.47. The Labute approximate surface area is 157 Å². The average molecular weight is 389 g/mol. The van der Waals surface area contributed by atoms with Crippen molar-refractivity contribution < 1.29 is 0 Å². The van der Waals surface area contributed by atoms with Gasteiger partial charge in [0.1, 0.15) is 0 Å². The predicted octanol–water partition coefficient (Wildman–Crippen LogP) is 7.63. The summed E-state index contributed by atoms with van der Waals surface area (Å²) >= 11 is 3.44. The van der Waals surface area contributed by atoms with Gasteiger partial charge < -0.3 is 0 Å². The minimum absolute atomic E-state index is 0.824. The van der Waals surface area contributed by atoms with Gasteiger partial charge in [-0.05, 0) is 97.6 Å². The van der Waals surface area contributed by atoms with Gasteiger partial charge >= 0.3 is 0 Å². The highest BCUT2D eigenvalue weighted by atomic mass is 79.9. The Morgan fingerprint density at radius 2 is 1.46 bits per heavy atom. The van der Waals surface area contributed by atoms with Gasteiger partial charge in [0.15, 0.2) is 0 Å². The molecule has 0 bridgehead atoms. The lowest BCUT2D eigenvalue weighted by Gasteiger charge is -2.37. The van der Waals surface area contributed by atoms with Crippen LogP contribution in [0, 0.1) is 17.8 Å². The summed E-state index contributed by atoms with van der Waals surface area (Å²) in [6.45, 7) is 2.26. The average Bonchev–Trinajstić information content (AvgIpc) is 2.64. The Morgan fingerprint density at radius 1 is 0.875 bits per heavy atom. The van der Waals surface area contributed by atoms with Crippen LogP contribution in [0.2, 0.25) is 0 Å². The van der Waals surface area contributed by atoms with Gasteiger partial charge in [-0.2, -0.15) is 0 Å². The number of hydrogen-bond donors (Lipinski definition) is 0. The van der Waals surface area contributed by atoms with Crippen molar-refractivity contribution in [1.29, 1.82) is 0 Å². The van der Waals surface area contributed by atoms with Crippen molar-refractivity contribution in [3.63, 3.8) is 0 Å². The number of allylic oxidation sites excluding steroid dienone is 1. The Kier molecular flexibility index (Phi) is 7.01. The van der Waals surface area contributed by atoms with E-state index in [9.17, 15) is 0 Å². The summed E-state index contributed by atoms with van der Waals surface area (Å²) in [5.74, 6) is 3.68. The molecule has 0 radical (unpaired) electrons. The molecule has 1 aromatic rings. The quantitative estimate of drug-likeness (QED) is 0.486.